The van der Waals surface area contributed by atoms with E-state index >= 15 is 0 Å². The van der Waals surface area contributed by atoms with Crippen LogP contribution in [0.3, 0.4) is 0 Å². The SMILES string of the molecule is Cc1ccccc1C=CC(C=O)(COCc1ccccc1)COCc1ccccc1. The maximum absolute atomic E-state index is 12.2. The Balaban J connectivity index is 1.70. The molecule has 3 nitrogen and oxygen atoms in total. The molecule has 0 bridgehead atoms. The normalized spacial score (nSPS) is 11.6. The molecule has 3 aromatic rings. The van der Waals surface area contributed by atoms with E-state index in [9.17, 15) is 4.79 Å². The van der Waals surface area contributed by atoms with Crippen LogP contribution in [-0.4, -0.2) is 19.5 Å². The van der Waals surface area contributed by atoms with Crippen LogP contribution in [0.15, 0.2) is 91.0 Å². The molecule has 0 saturated carbocycles. The van der Waals surface area contributed by atoms with Crippen molar-refractivity contribution in [1.29, 1.82) is 0 Å². The van der Waals surface area contributed by atoms with Gasteiger partial charge in [0.2, 0.25) is 0 Å². The Kier molecular flexibility index (Phi) is 8.13. The summed E-state index contributed by atoms with van der Waals surface area (Å²) in [6, 6.07) is 28.0. The lowest BCUT2D eigenvalue weighted by Gasteiger charge is -2.24. The van der Waals surface area contributed by atoms with E-state index in [-0.39, 0.29) is 13.2 Å². The van der Waals surface area contributed by atoms with Gasteiger partial charge in [-0.2, -0.15) is 0 Å². The number of carbonyl (C=O) groups is 1. The molecule has 0 amide bonds. The molecule has 3 rings (SSSR count). The number of rotatable bonds is 11. The third-order valence-electron chi connectivity index (χ3n) is 4.98. The van der Waals surface area contributed by atoms with Crippen molar-refractivity contribution in [3.63, 3.8) is 0 Å². The number of aryl methyl sites for hydroxylation is 1. The van der Waals surface area contributed by atoms with Crippen molar-refractivity contribution in [2.45, 2.75) is 20.1 Å². The summed E-state index contributed by atoms with van der Waals surface area (Å²) in [7, 11) is 0. The number of ether oxygens (including phenoxy) is 2. The lowest BCUT2D eigenvalue weighted by atomic mass is 9.90. The first-order valence-electron chi connectivity index (χ1n) is 10.2. The number of benzene rings is 3. The van der Waals surface area contributed by atoms with Crippen LogP contribution in [0.5, 0.6) is 0 Å². The Morgan fingerprint density at radius 3 is 1.73 bits per heavy atom. The van der Waals surface area contributed by atoms with E-state index in [0.29, 0.717) is 13.2 Å². The number of hydrogen-bond donors (Lipinski definition) is 0. The molecule has 154 valence electrons. The molecule has 0 radical (unpaired) electrons. The summed E-state index contributed by atoms with van der Waals surface area (Å²) < 4.78 is 11.9. The van der Waals surface area contributed by atoms with Crippen LogP contribution in [0.25, 0.3) is 6.08 Å². The van der Waals surface area contributed by atoms with E-state index in [0.717, 1.165) is 28.5 Å². The quantitative estimate of drug-likeness (QED) is 0.392. The minimum absolute atomic E-state index is 0.253. The van der Waals surface area contributed by atoms with Crippen molar-refractivity contribution in [1.82, 2.24) is 0 Å². The zero-order chi connectivity index (χ0) is 21.1. The number of hydrogen-bond acceptors (Lipinski definition) is 3. The lowest BCUT2D eigenvalue weighted by molar-refractivity contribution is -0.121. The summed E-state index contributed by atoms with van der Waals surface area (Å²) >= 11 is 0. The van der Waals surface area contributed by atoms with Crippen LogP contribution in [0, 0.1) is 12.3 Å². The van der Waals surface area contributed by atoms with Crippen molar-refractivity contribution in [2.24, 2.45) is 5.41 Å². The van der Waals surface area contributed by atoms with Gasteiger partial charge < -0.3 is 14.3 Å². The summed E-state index contributed by atoms with van der Waals surface area (Å²) in [6.45, 7) is 3.46. The standard InChI is InChI=1S/C27H28O3/c1-23-10-8-9-15-26(23)16-17-27(20-28,21-29-18-24-11-4-2-5-12-24)22-30-19-25-13-6-3-7-14-25/h2-17,20H,18-19,21-22H2,1H3. The number of aldehydes is 1. The average Bonchev–Trinajstić information content (AvgIpc) is 2.79. The lowest BCUT2D eigenvalue weighted by Crippen LogP contribution is -2.32. The smallest absolute Gasteiger partial charge is 0.134 e. The van der Waals surface area contributed by atoms with Gasteiger partial charge in [0.05, 0.1) is 31.8 Å². The molecule has 0 saturated heterocycles. The zero-order valence-electron chi connectivity index (χ0n) is 17.4. The Morgan fingerprint density at radius 1 is 0.733 bits per heavy atom. The second-order valence-electron chi connectivity index (χ2n) is 7.50. The fourth-order valence-electron chi connectivity index (χ4n) is 3.14. The van der Waals surface area contributed by atoms with Crippen LogP contribution >= 0.6 is 0 Å². The molecule has 3 heteroatoms. The topological polar surface area (TPSA) is 35.5 Å². The molecule has 0 heterocycles. The maximum atomic E-state index is 12.2. The molecule has 0 aliphatic rings. The predicted molar refractivity (Wildman–Crippen MR) is 121 cm³/mol. The largest absolute Gasteiger partial charge is 0.375 e. The van der Waals surface area contributed by atoms with Gasteiger partial charge in [-0.15, -0.1) is 0 Å². The highest BCUT2D eigenvalue weighted by Gasteiger charge is 2.28. The van der Waals surface area contributed by atoms with E-state index < -0.39 is 5.41 Å². The zero-order valence-corrected chi connectivity index (χ0v) is 17.4. The van der Waals surface area contributed by atoms with E-state index in [4.69, 9.17) is 9.47 Å². The average molecular weight is 401 g/mol. The van der Waals surface area contributed by atoms with E-state index in [1.165, 1.54) is 0 Å². The van der Waals surface area contributed by atoms with Crippen LogP contribution < -0.4 is 0 Å². The fourth-order valence-corrected chi connectivity index (χ4v) is 3.14. The molecule has 0 spiro atoms. The second kappa shape index (κ2) is 11.2. The van der Waals surface area contributed by atoms with E-state index in [1.54, 1.807) is 0 Å². The molecule has 0 aliphatic carbocycles. The molecule has 0 atom stereocenters. The van der Waals surface area contributed by atoms with Crippen molar-refractivity contribution in [3.8, 4) is 0 Å². The first-order valence-corrected chi connectivity index (χ1v) is 10.2. The summed E-state index contributed by atoms with van der Waals surface area (Å²) in [6.07, 6.45) is 4.84. The minimum atomic E-state index is -0.855. The van der Waals surface area contributed by atoms with Gasteiger partial charge in [0.25, 0.3) is 0 Å². The highest BCUT2D eigenvalue weighted by Crippen LogP contribution is 2.22. The first kappa shape index (κ1) is 21.7. The van der Waals surface area contributed by atoms with Gasteiger partial charge in [0, 0.05) is 0 Å². The van der Waals surface area contributed by atoms with Crippen LogP contribution in [0.4, 0.5) is 0 Å². The van der Waals surface area contributed by atoms with Gasteiger partial charge in [-0.05, 0) is 29.2 Å². The van der Waals surface area contributed by atoms with Gasteiger partial charge in [0.15, 0.2) is 0 Å². The Labute approximate surface area is 179 Å². The van der Waals surface area contributed by atoms with Gasteiger partial charge >= 0.3 is 0 Å². The Bertz CT molecular complexity index is 887. The fraction of sp³-hybridized carbons (Fsp3) is 0.222. The third-order valence-corrected chi connectivity index (χ3v) is 4.98. The molecule has 30 heavy (non-hydrogen) atoms. The van der Waals surface area contributed by atoms with Crippen molar-refractivity contribution in [2.75, 3.05) is 13.2 Å². The van der Waals surface area contributed by atoms with Gasteiger partial charge in [-0.25, -0.2) is 0 Å². The maximum Gasteiger partial charge on any atom is 0.134 e. The Hall–Kier alpha value is -3.01. The molecular formula is C27H28O3. The molecule has 3 aromatic carbocycles. The van der Waals surface area contributed by atoms with Crippen LogP contribution in [0.2, 0.25) is 0 Å². The predicted octanol–water partition coefficient (Wildman–Crippen LogP) is 5.63. The summed E-state index contributed by atoms with van der Waals surface area (Å²) in [5.74, 6) is 0. The highest BCUT2D eigenvalue weighted by molar-refractivity contribution is 5.67. The monoisotopic (exact) mass is 400 g/mol. The van der Waals surface area contributed by atoms with E-state index in [1.807, 2.05) is 91.0 Å². The van der Waals surface area contributed by atoms with Crippen molar-refractivity contribution >= 4 is 12.4 Å². The summed E-state index contributed by atoms with van der Waals surface area (Å²) in [5, 5.41) is 0. The molecule has 0 aliphatic heterocycles. The van der Waals surface area contributed by atoms with E-state index in [2.05, 4.69) is 13.0 Å². The molecule has 0 N–H and O–H groups in total. The second-order valence-corrected chi connectivity index (χ2v) is 7.50. The van der Waals surface area contributed by atoms with Crippen molar-refractivity contribution < 1.29 is 14.3 Å². The number of carbonyl (C=O) groups excluding carboxylic acids is 1. The van der Waals surface area contributed by atoms with Crippen LogP contribution in [-0.2, 0) is 27.5 Å². The molecule has 0 fully saturated rings. The minimum Gasteiger partial charge on any atom is -0.375 e. The summed E-state index contributed by atoms with van der Waals surface area (Å²) in [5.41, 5.74) is 3.53. The van der Waals surface area contributed by atoms with Gasteiger partial charge in [-0.1, -0.05) is 97.1 Å². The third kappa shape index (κ3) is 6.51. The Morgan fingerprint density at radius 2 is 1.23 bits per heavy atom. The molecule has 0 unspecified atom stereocenters. The molecular weight excluding hydrogens is 372 g/mol. The highest BCUT2D eigenvalue weighted by atomic mass is 16.5. The van der Waals surface area contributed by atoms with Crippen LogP contribution in [0.1, 0.15) is 22.3 Å². The molecule has 0 aromatic heterocycles. The van der Waals surface area contributed by atoms with Gasteiger partial charge in [-0.3, -0.25) is 0 Å². The van der Waals surface area contributed by atoms with Gasteiger partial charge in [0.1, 0.15) is 6.29 Å². The first-order chi connectivity index (χ1) is 14.7. The summed E-state index contributed by atoms with van der Waals surface area (Å²) in [4.78, 5) is 12.2. The van der Waals surface area contributed by atoms with Crippen molar-refractivity contribution in [3.05, 3.63) is 113 Å².